The Bertz CT molecular complexity index is 485. The smallest absolute Gasteiger partial charge is 0.305 e. The average Bonchev–Trinajstić information content (AvgIpc) is 2.34. The zero-order valence-electron chi connectivity index (χ0n) is 12.1. The second-order valence-corrected chi connectivity index (χ2v) is 8.08. The number of nitrogens with zero attached hydrogens (tertiary/aromatic N) is 1. The summed E-state index contributed by atoms with van der Waals surface area (Å²) in [5.74, 6) is 0. The topological polar surface area (TPSA) is 59.3 Å². The number of thioether (sulfide) groups is 1. The van der Waals surface area contributed by atoms with Crippen LogP contribution in [0.1, 0.15) is 38.2 Å². The van der Waals surface area contributed by atoms with Gasteiger partial charge in [-0.15, -0.1) is 0 Å². The highest BCUT2D eigenvalue weighted by atomic mass is 32.2. The first kappa shape index (κ1) is 17.3. The molecule has 1 rings (SSSR count). The van der Waals surface area contributed by atoms with Crippen molar-refractivity contribution in [2.75, 3.05) is 0 Å². The Morgan fingerprint density at radius 2 is 1.60 bits per heavy atom. The number of thiocyanates is 1. The molecule has 1 atom stereocenters. The summed E-state index contributed by atoms with van der Waals surface area (Å²) in [5.41, 5.74) is 0.767. The van der Waals surface area contributed by atoms with Gasteiger partial charge in [0, 0.05) is 0 Å². The molecule has 0 fully saturated rings. The molecule has 0 radical (unpaired) electrons. The molecule has 0 aromatic heterocycles. The summed E-state index contributed by atoms with van der Waals surface area (Å²) in [6, 6.07) is 9.21. The van der Waals surface area contributed by atoms with Crippen LogP contribution in [0, 0.1) is 10.7 Å². The normalized spacial score (nSPS) is 13.4. The Labute approximate surface area is 125 Å². The lowest BCUT2D eigenvalue weighted by Gasteiger charge is -2.28. The monoisotopic (exact) mass is 313 g/mol. The Balaban J connectivity index is 3.18. The third-order valence-corrected chi connectivity index (χ3v) is 6.25. The molecule has 0 saturated heterocycles. The lowest BCUT2D eigenvalue weighted by atomic mass is 10.2. The quantitative estimate of drug-likeness (QED) is 0.527. The minimum Gasteiger partial charge on any atom is -0.305 e. The summed E-state index contributed by atoms with van der Waals surface area (Å²) in [7, 11) is -3.44. The molecule has 0 aliphatic carbocycles. The molecule has 1 aromatic carbocycles. The van der Waals surface area contributed by atoms with E-state index in [9.17, 15) is 4.57 Å². The molecule has 110 valence electrons. The van der Waals surface area contributed by atoms with Crippen LogP contribution in [0.4, 0.5) is 0 Å². The molecule has 0 spiro atoms. The summed E-state index contributed by atoms with van der Waals surface area (Å²) >= 11 is 0.913. The van der Waals surface area contributed by atoms with Crippen LogP contribution < -0.4 is 0 Å². The SMILES string of the molecule is CC(C)OP(=O)(OC(C)C)[C@@H](SC#N)c1ccccc1. The second-order valence-electron chi connectivity index (χ2n) is 4.82. The fourth-order valence-corrected chi connectivity index (χ4v) is 5.04. The molecule has 0 amide bonds. The van der Waals surface area contributed by atoms with Crippen LogP contribution in [0.5, 0.6) is 0 Å². The maximum Gasteiger partial charge on any atom is 0.349 e. The van der Waals surface area contributed by atoms with Gasteiger partial charge in [-0.2, -0.15) is 5.26 Å². The number of nitriles is 1. The molecule has 0 bridgehead atoms. The predicted octanol–water partition coefficient (Wildman–Crippen LogP) is 4.94. The first-order valence-electron chi connectivity index (χ1n) is 6.45. The minimum absolute atomic E-state index is 0.245. The van der Waals surface area contributed by atoms with Gasteiger partial charge < -0.3 is 9.05 Å². The highest BCUT2D eigenvalue weighted by Crippen LogP contribution is 2.66. The zero-order chi connectivity index (χ0) is 15.2. The molecule has 0 N–H and O–H groups in total. The number of rotatable bonds is 7. The molecule has 0 aliphatic heterocycles. The predicted molar refractivity (Wildman–Crippen MR) is 82.4 cm³/mol. The number of hydrogen-bond donors (Lipinski definition) is 0. The highest BCUT2D eigenvalue weighted by Gasteiger charge is 2.40. The van der Waals surface area contributed by atoms with Crippen molar-refractivity contribution in [3.8, 4) is 5.40 Å². The van der Waals surface area contributed by atoms with Crippen LogP contribution in [0.2, 0.25) is 0 Å². The Morgan fingerprint density at radius 1 is 1.10 bits per heavy atom. The van der Waals surface area contributed by atoms with E-state index < -0.39 is 12.6 Å². The van der Waals surface area contributed by atoms with Crippen LogP contribution in [0.3, 0.4) is 0 Å². The van der Waals surface area contributed by atoms with Crippen LogP contribution in [-0.2, 0) is 13.6 Å². The number of benzene rings is 1. The molecule has 0 saturated carbocycles. The molecule has 0 aliphatic rings. The third kappa shape index (κ3) is 4.96. The molecular formula is C14H20NO3PS. The second kappa shape index (κ2) is 7.85. The maximum atomic E-state index is 13.1. The Hall–Kier alpha value is -0.790. The summed E-state index contributed by atoms with van der Waals surface area (Å²) in [5, 5.41) is 11.0. The first-order chi connectivity index (χ1) is 9.39. The fourth-order valence-electron chi connectivity index (χ4n) is 1.71. The maximum absolute atomic E-state index is 13.1. The summed E-state index contributed by atoms with van der Waals surface area (Å²) < 4.78 is 24.3. The molecule has 4 nitrogen and oxygen atoms in total. The van der Waals surface area contributed by atoms with Crippen molar-refractivity contribution in [3.05, 3.63) is 35.9 Å². The molecular weight excluding hydrogens is 293 g/mol. The van der Waals surface area contributed by atoms with Crippen molar-refractivity contribution < 1.29 is 13.6 Å². The third-order valence-electron chi connectivity index (χ3n) is 2.25. The van der Waals surface area contributed by atoms with Gasteiger partial charge in [0.15, 0.2) is 0 Å². The van der Waals surface area contributed by atoms with Gasteiger partial charge in [0.25, 0.3) is 0 Å². The molecule has 20 heavy (non-hydrogen) atoms. The van der Waals surface area contributed by atoms with Crippen molar-refractivity contribution in [1.29, 1.82) is 5.26 Å². The van der Waals surface area contributed by atoms with Gasteiger partial charge in [-0.1, -0.05) is 30.3 Å². The van der Waals surface area contributed by atoms with Crippen molar-refractivity contribution >= 4 is 19.4 Å². The number of hydrogen-bond acceptors (Lipinski definition) is 5. The van der Waals surface area contributed by atoms with Crippen molar-refractivity contribution in [2.45, 2.75) is 44.9 Å². The molecule has 0 heterocycles. The molecule has 1 aromatic rings. The van der Waals surface area contributed by atoms with E-state index in [0.717, 1.165) is 17.3 Å². The van der Waals surface area contributed by atoms with Gasteiger partial charge in [-0.3, -0.25) is 4.57 Å². The van der Waals surface area contributed by atoms with E-state index in [0.29, 0.717) is 0 Å². The van der Waals surface area contributed by atoms with E-state index in [4.69, 9.17) is 14.3 Å². The van der Waals surface area contributed by atoms with E-state index in [1.165, 1.54) is 0 Å². The Kier molecular flexibility index (Phi) is 6.78. The van der Waals surface area contributed by atoms with Crippen molar-refractivity contribution in [3.63, 3.8) is 0 Å². The average molecular weight is 313 g/mol. The summed E-state index contributed by atoms with van der Waals surface area (Å²) in [4.78, 5) is -0.640. The van der Waals surface area contributed by atoms with Crippen molar-refractivity contribution in [2.24, 2.45) is 0 Å². The largest absolute Gasteiger partial charge is 0.349 e. The van der Waals surface area contributed by atoms with E-state index in [2.05, 4.69) is 0 Å². The summed E-state index contributed by atoms with van der Waals surface area (Å²) in [6.07, 6.45) is -0.491. The van der Waals surface area contributed by atoms with Crippen LogP contribution >= 0.6 is 19.4 Å². The summed E-state index contributed by atoms with van der Waals surface area (Å²) in [6.45, 7) is 7.20. The van der Waals surface area contributed by atoms with Crippen LogP contribution in [-0.4, -0.2) is 12.2 Å². The standard InChI is InChI=1S/C14H20NO3PS/c1-11(2)17-19(16,18-12(3)4)14(20-10-15)13-8-6-5-7-9-13/h5-9,11-12,14H,1-4H3/t14-/m0/s1. The van der Waals surface area contributed by atoms with E-state index in [1.807, 2.05) is 35.7 Å². The van der Waals surface area contributed by atoms with Gasteiger partial charge in [0.2, 0.25) is 0 Å². The van der Waals surface area contributed by atoms with Crippen LogP contribution in [0.25, 0.3) is 0 Å². The van der Waals surface area contributed by atoms with Gasteiger partial charge >= 0.3 is 7.60 Å². The molecule has 6 heteroatoms. The van der Waals surface area contributed by atoms with Gasteiger partial charge in [-0.25, -0.2) is 0 Å². The van der Waals surface area contributed by atoms with E-state index >= 15 is 0 Å². The van der Waals surface area contributed by atoms with Crippen molar-refractivity contribution in [1.82, 2.24) is 0 Å². The zero-order valence-corrected chi connectivity index (χ0v) is 13.9. The minimum atomic E-state index is -3.44. The van der Waals surface area contributed by atoms with Gasteiger partial charge in [0.05, 0.1) is 12.2 Å². The van der Waals surface area contributed by atoms with Gasteiger partial charge in [0.1, 0.15) is 10.4 Å². The van der Waals surface area contributed by atoms with Crippen LogP contribution in [0.15, 0.2) is 30.3 Å². The lowest BCUT2D eigenvalue weighted by molar-refractivity contribution is 0.141. The van der Waals surface area contributed by atoms with E-state index in [-0.39, 0.29) is 12.2 Å². The highest BCUT2D eigenvalue weighted by molar-refractivity contribution is 8.08. The lowest BCUT2D eigenvalue weighted by Crippen LogP contribution is -2.12. The molecule has 0 unspecified atom stereocenters. The Morgan fingerprint density at radius 3 is 2.00 bits per heavy atom. The van der Waals surface area contributed by atoms with Gasteiger partial charge in [-0.05, 0) is 45.0 Å². The van der Waals surface area contributed by atoms with E-state index in [1.54, 1.807) is 27.7 Å². The fraction of sp³-hybridized carbons (Fsp3) is 0.500. The first-order valence-corrected chi connectivity index (χ1v) is 8.94.